The number of para-hydroxylation sites is 1. The van der Waals surface area contributed by atoms with E-state index < -0.39 is 0 Å². The van der Waals surface area contributed by atoms with Crippen LogP contribution in [0.5, 0.6) is 0 Å². The number of hydrogen-bond acceptors (Lipinski definition) is 3. The summed E-state index contributed by atoms with van der Waals surface area (Å²) < 4.78 is 45.0. The molecule has 0 saturated carbocycles. The Morgan fingerprint density at radius 3 is 1.04 bits per heavy atom. The Bertz CT molecular complexity index is 385. The molecule has 1 rings (SSSR count). The van der Waals surface area contributed by atoms with Crippen LogP contribution >= 0.6 is 0 Å². The van der Waals surface area contributed by atoms with Gasteiger partial charge in [0.15, 0.2) is 0 Å². The van der Waals surface area contributed by atoms with Crippen LogP contribution in [-0.4, -0.2) is 11.8 Å². The first kappa shape index (κ1) is 49.6. The van der Waals surface area contributed by atoms with E-state index >= 15 is 0 Å². The maximum absolute atomic E-state index is 7.50. The Balaban J connectivity index is -0.0000000297. The van der Waals surface area contributed by atoms with Crippen LogP contribution in [0.25, 0.3) is 0 Å². The summed E-state index contributed by atoms with van der Waals surface area (Å²) in [5.41, 5.74) is 1.11. The molecule has 1 aromatic rings. The summed E-state index contributed by atoms with van der Waals surface area (Å²) in [6, 6.07) is 9.97. The molecule has 0 fully saturated rings. The molecular formula is C14H9Fe2NO6S2-2. The molecular weight excluding hydrogens is 454 g/mol. The Morgan fingerprint density at radius 2 is 0.840 bits per heavy atom. The van der Waals surface area contributed by atoms with E-state index in [4.69, 9.17) is 53.2 Å². The molecule has 0 unspecified atom stereocenters. The molecule has 25 heavy (non-hydrogen) atoms. The molecule has 0 aliphatic carbocycles. The third-order valence-electron chi connectivity index (χ3n) is 1.43. The minimum Gasteiger partial charge on any atom is -0.772 e. The van der Waals surface area contributed by atoms with Crippen LogP contribution in [0.3, 0.4) is 0 Å². The van der Waals surface area contributed by atoms with Gasteiger partial charge in [-0.05, 0) is 12.1 Å². The van der Waals surface area contributed by atoms with Crippen molar-refractivity contribution in [2.75, 3.05) is 16.7 Å². The maximum Gasteiger partial charge on any atom is 0.0329 e. The Labute approximate surface area is 179 Å². The van der Waals surface area contributed by atoms with Gasteiger partial charge in [0.2, 0.25) is 0 Å². The van der Waals surface area contributed by atoms with E-state index in [2.05, 4.69) is 39.9 Å². The number of hydrogen-bond donors (Lipinski definition) is 0. The Kier molecular flexibility index (Phi) is 153. The van der Waals surface area contributed by atoms with Crippen LogP contribution in [-0.2, 0) is 87.3 Å². The van der Waals surface area contributed by atoms with Gasteiger partial charge in [0.1, 0.15) is 0 Å². The van der Waals surface area contributed by atoms with Gasteiger partial charge in [0, 0.05) is 39.8 Å². The zero-order valence-corrected chi connectivity index (χ0v) is 16.1. The second kappa shape index (κ2) is 76.8. The monoisotopic (exact) mass is 463 g/mol. The second-order valence-electron chi connectivity index (χ2n) is 2.13. The van der Waals surface area contributed by atoms with Crippen molar-refractivity contribution in [3.05, 3.63) is 70.2 Å². The van der Waals surface area contributed by atoms with E-state index in [1.807, 2.05) is 35.2 Å². The van der Waals surface area contributed by atoms with E-state index in [9.17, 15) is 0 Å². The second-order valence-corrected chi connectivity index (χ2v) is 2.65. The average molecular weight is 463 g/mol. The predicted molar refractivity (Wildman–Crippen MR) is 77.0 cm³/mol. The van der Waals surface area contributed by atoms with Crippen molar-refractivity contribution in [2.24, 2.45) is 0 Å². The van der Waals surface area contributed by atoms with Crippen molar-refractivity contribution >= 4 is 30.9 Å². The fourth-order valence-electron chi connectivity index (χ4n) is 0.825. The van der Waals surface area contributed by atoms with Crippen LogP contribution in [0.1, 0.15) is 0 Å². The van der Waals surface area contributed by atoms with Crippen molar-refractivity contribution in [1.82, 2.24) is 0 Å². The minimum absolute atomic E-state index is 0. The normalized spacial score (nSPS) is 4.72. The van der Waals surface area contributed by atoms with Gasteiger partial charge >= 0.3 is 67.8 Å². The topological polar surface area (TPSA) is 123 Å². The van der Waals surface area contributed by atoms with Gasteiger partial charge in [-0.25, -0.2) is 0 Å². The molecule has 0 amide bonds. The van der Waals surface area contributed by atoms with E-state index in [-0.39, 0.29) is 34.1 Å². The number of benzene rings is 1. The van der Waals surface area contributed by atoms with Crippen LogP contribution in [0, 0.1) is 39.9 Å². The Morgan fingerprint density at radius 1 is 0.600 bits per heavy atom. The van der Waals surface area contributed by atoms with E-state index in [1.54, 1.807) is 0 Å². The molecule has 0 spiro atoms. The zero-order chi connectivity index (χ0) is 20.1. The molecule has 136 valence electrons. The first-order chi connectivity index (χ1) is 11.4. The number of rotatable bonds is 3. The molecule has 1 aromatic carbocycles. The summed E-state index contributed by atoms with van der Waals surface area (Å²) in [4.78, 5) is 1.96. The summed E-state index contributed by atoms with van der Waals surface area (Å²) in [6.07, 6.45) is 0. The van der Waals surface area contributed by atoms with Crippen molar-refractivity contribution in [1.29, 1.82) is 0 Å². The molecule has 0 aromatic heterocycles. The van der Waals surface area contributed by atoms with Gasteiger partial charge in [-0.3, -0.25) is 0 Å². The van der Waals surface area contributed by atoms with Gasteiger partial charge in [-0.2, -0.15) is 0 Å². The molecule has 0 aliphatic rings. The van der Waals surface area contributed by atoms with Gasteiger partial charge in [0.05, 0.1) is 0 Å². The summed E-state index contributed by atoms with van der Waals surface area (Å²) in [6.45, 7) is 27.0. The first-order valence-electron chi connectivity index (χ1n) is 4.57. The van der Waals surface area contributed by atoms with E-state index in [0.717, 1.165) is 5.69 Å². The summed E-state index contributed by atoms with van der Waals surface area (Å²) >= 11 is 9.83. The molecule has 11 heteroatoms. The zero-order valence-electron chi connectivity index (χ0n) is 12.2. The molecule has 0 heterocycles. The smallest absolute Gasteiger partial charge is 0.0329 e. The molecule has 0 saturated heterocycles. The molecule has 0 atom stereocenters. The van der Waals surface area contributed by atoms with Gasteiger partial charge < -0.3 is 30.2 Å². The van der Waals surface area contributed by atoms with Crippen molar-refractivity contribution in [3.63, 3.8) is 0 Å². The molecule has 0 aliphatic heterocycles. The quantitative estimate of drug-likeness (QED) is 0.291. The van der Waals surface area contributed by atoms with Crippen LogP contribution in [0.4, 0.5) is 5.69 Å². The fraction of sp³-hybridized carbons (Fsp3) is 0.143. The van der Waals surface area contributed by atoms with Gasteiger partial charge in [-0.15, -0.1) is 11.8 Å². The van der Waals surface area contributed by atoms with E-state index in [0.29, 0.717) is 11.8 Å². The third-order valence-corrected chi connectivity index (χ3v) is 2.06. The molecule has 7 nitrogen and oxygen atoms in total. The largest absolute Gasteiger partial charge is 0.772 e. The number of anilines is 1. The predicted octanol–water partition coefficient (Wildman–Crippen LogP) is 1.27. The maximum atomic E-state index is 7.50. The Hall–Kier alpha value is -0.801. The SMILES string of the molecule is [C-]#[O+].[C-]#[O+].[C-]#[O+].[C-]#[O+].[C-]#[O+].[C-]#[O+].[Fe].[Fe].[S-]CN(C[S-])c1ccccc1. The summed E-state index contributed by atoms with van der Waals surface area (Å²) in [5, 5.41) is 0. The van der Waals surface area contributed by atoms with Crippen molar-refractivity contribution in [2.45, 2.75) is 0 Å². The van der Waals surface area contributed by atoms with Crippen molar-refractivity contribution in [3.8, 4) is 0 Å². The molecule has 0 bridgehead atoms. The van der Waals surface area contributed by atoms with Crippen LogP contribution in [0.15, 0.2) is 30.3 Å². The average Bonchev–Trinajstić information content (AvgIpc) is 2.73. The van der Waals surface area contributed by atoms with Gasteiger partial charge in [0.25, 0.3) is 0 Å². The van der Waals surface area contributed by atoms with Crippen LogP contribution < -0.4 is 4.90 Å². The summed E-state index contributed by atoms with van der Waals surface area (Å²) in [5.74, 6) is 1.13. The number of nitrogens with zero attached hydrogens (tertiary/aromatic N) is 1. The summed E-state index contributed by atoms with van der Waals surface area (Å²) in [7, 11) is 0. The van der Waals surface area contributed by atoms with Crippen LogP contribution in [0.2, 0.25) is 0 Å². The minimum atomic E-state index is 0. The van der Waals surface area contributed by atoms with Gasteiger partial charge in [-0.1, -0.05) is 18.2 Å². The molecule has 0 radical (unpaired) electrons. The third kappa shape index (κ3) is 45.1. The van der Waals surface area contributed by atoms with Crippen molar-refractivity contribution < 1.29 is 62.1 Å². The standard InChI is InChI=1S/C8H11NS2.6CO.2Fe/c10-6-9(7-11)8-4-2-1-3-5-8;6*1-2;;/h1-5,10-11H,6-7H2;;;;;;;;/p-2. The first-order valence-corrected chi connectivity index (χ1v) is 5.72. The molecule has 0 N–H and O–H groups in total. The van der Waals surface area contributed by atoms with E-state index in [1.165, 1.54) is 0 Å². The fourth-order valence-corrected chi connectivity index (χ4v) is 1.42.